The Morgan fingerprint density at radius 2 is 2.07 bits per heavy atom. The number of aryl methyl sites for hydroxylation is 1. The van der Waals surface area contributed by atoms with E-state index in [1.54, 1.807) is 36.9 Å². The lowest BCUT2D eigenvalue weighted by atomic mass is 9.99. The van der Waals surface area contributed by atoms with Crippen LogP contribution in [0.2, 0.25) is 0 Å². The molecule has 0 saturated carbocycles. The predicted molar refractivity (Wildman–Crippen MR) is 112 cm³/mol. The Kier molecular flexibility index (Phi) is 5.72. The van der Waals surface area contributed by atoms with Crippen LogP contribution >= 0.6 is 11.3 Å². The molecule has 3 heterocycles. The van der Waals surface area contributed by atoms with Gasteiger partial charge in [-0.1, -0.05) is 23.5 Å². The zero-order valence-electron chi connectivity index (χ0n) is 16.8. The number of rotatable bonds is 4. The van der Waals surface area contributed by atoms with Crippen molar-refractivity contribution in [1.29, 1.82) is 0 Å². The van der Waals surface area contributed by atoms with E-state index in [1.807, 2.05) is 0 Å². The van der Waals surface area contributed by atoms with Crippen molar-refractivity contribution < 1.29 is 9.18 Å². The molecule has 156 valence electrons. The highest BCUT2D eigenvalue weighted by Gasteiger charge is 2.28. The van der Waals surface area contributed by atoms with Gasteiger partial charge in [0.1, 0.15) is 17.4 Å². The summed E-state index contributed by atoms with van der Waals surface area (Å²) < 4.78 is 15.4. The number of halogens is 1. The molecule has 2 aromatic heterocycles. The summed E-state index contributed by atoms with van der Waals surface area (Å²) in [6.45, 7) is 4.61. The van der Waals surface area contributed by atoms with Gasteiger partial charge in [-0.25, -0.2) is 9.37 Å². The van der Waals surface area contributed by atoms with Crippen molar-refractivity contribution in [3.05, 3.63) is 63.0 Å². The van der Waals surface area contributed by atoms with Gasteiger partial charge in [0.2, 0.25) is 5.91 Å². The van der Waals surface area contributed by atoms with Crippen LogP contribution < -0.4 is 5.56 Å². The number of benzene rings is 1. The number of nitrogens with zero attached hydrogens (tertiary/aromatic N) is 5. The van der Waals surface area contributed by atoms with Gasteiger partial charge >= 0.3 is 0 Å². The first-order valence-corrected chi connectivity index (χ1v) is 10.6. The minimum Gasteiger partial charge on any atom is -0.340 e. The molecule has 4 rings (SSSR count). The van der Waals surface area contributed by atoms with E-state index in [0.29, 0.717) is 34.9 Å². The van der Waals surface area contributed by atoms with Crippen LogP contribution in [-0.2, 0) is 11.3 Å². The first-order valence-electron chi connectivity index (χ1n) is 9.82. The topological polar surface area (TPSA) is 81.0 Å². The SMILES string of the molecule is Cc1ncn(CC(=O)N2CCC[C@@H](c3nnc(-c4ccccc4F)s3)C2)c(=O)c1C. The standard InChI is InChI=1S/C21H22FN5O2S/c1-13-14(2)23-12-27(21(13)29)11-18(28)26-9-5-6-15(10-26)19-24-25-20(30-19)16-7-3-4-8-17(16)22/h3-4,7-8,12,15H,5-6,9-11H2,1-2H3/t15-/m1/s1. The number of hydrogen-bond donors (Lipinski definition) is 0. The quantitative estimate of drug-likeness (QED) is 0.640. The van der Waals surface area contributed by atoms with Crippen molar-refractivity contribution in [1.82, 2.24) is 24.6 Å². The van der Waals surface area contributed by atoms with Crippen LogP contribution in [0.1, 0.15) is 35.0 Å². The molecule has 7 nitrogen and oxygen atoms in total. The monoisotopic (exact) mass is 427 g/mol. The number of carbonyl (C=O) groups excluding carboxylic acids is 1. The van der Waals surface area contributed by atoms with Crippen molar-refractivity contribution >= 4 is 17.2 Å². The van der Waals surface area contributed by atoms with Gasteiger partial charge in [0.25, 0.3) is 5.56 Å². The van der Waals surface area contributed by atoms with Gasteiger partial charge in [-0.2, -0.15) is 0 Å². The molecule has 1 atom stereocenters. The van der Waals surface area contributed by atoms with E-state index in [4.69, 9.17) is 0 Å². The lowest BCUT2D eigenvalue weighted by Gasteiger charge is -2.31. The summed E-state index contributed by atoms with van der Waals surface area (Å²) in [7, 11) is 0. The average Bonchev–Trinajstić information content (AvgIpc) is 3.24. The molecule has 1 aliphatic heterocycles. The summed E-state index contributed by atoms with van der Waals surface area (Å²) >= 11 is 1.37. The van der Waals surface area contributed by atoms with Crippen LogP contribution in [0.15, 0.2) is 35.4 Å². The Hall–Kier alpha value is -2.94. The largest absolute Gasteiger partial charge is 0.340 e. The third-order valence-electron chi connectivity index (χ3n) is 5.49. The van der Waals surface area contributed by atoms with Crippen LogP contribution in [0.4, 0.5) is 4.39 Å². The molecule has 0 aliphatic carbocycles. The molecule has 3 aromatic rings. The van der Waals surface area contributed by atoms with E-state index < -0.39 is 0 Å². The maximum atomic E-state index is 14.0. The minimum atomic E-state index is -0.326. The smallest absolute Gasteiger partial charge is 0.256 e. The molecule has 9 heteroatoms. The molecule has 30 heavy (non-hydrogen) atoms. The second-order valence-electron chi connectivity index (χ2n) is 7.49. The molecule has 1 fully saturated rings. The lowest BCUT2D eigenvalue weighted by Crippen LogP contribution is -2.42. The zero-order valence-corrected chi connectivity index (χ0v) is 17.7. The predicted octanol–water partition coefficient (Wildman–Crippen LogP) is 2.92. The molecule has 1 saturated heterocycles. The third-order valence-corrected chi connectivity index (χ3v) is 6.61. The lowest BCUT2D eigenvalue weighted by molar-refractivity contribution is -0.133. The van der Waals surface area contributed by atoms with Gasteiger partial charge in [0.05, 0.1) is 6.33 Å². The average molecular weight is 428 g/mol. The summed E-state index contributed by atoms with van der Waals surface area (Å²) in [5.41, 5.74) is 1.47. The third kappa shape index (κ3) is 4.02. The normalized spacial score (nSPS) is 16.6. The summed E-state index contributed by atoms with van der Waals surface area (Å²) in [6.07, 6.45) is 3.15. The highest BCUT2D eigenvalue weighted by Crippen LogP contribution is 2.33. The highest BCUT2D eigenvalue weighted by molar-refractivity contribution is 7.14. The van der Waals surface area contributed by atoms with E-state index >= 15 is 0 Å². The van der Waals surface area contributed by atoms with Crippen LogP contribution in [0.3, 0.4) is 0 Å². The van der Waals surface area contributed by atoms with Gasteiger partial charge < -0.3 is 4.90 Å². The summed E-state index contributed by atoms with van der Waals surface area (Å²) in [5.74, 6) is -0.394. The van der Waals surface area contributed by atoms with Crippen LogP contribution in [-0.4, -0.2) is 43.6 Å². The Balaban J connectivity index is 1.47. The van der Waals surface area contributed by atoms with E-state index in [2.05, 4.69) is 15.2 Å². The fourth-order valence-electron chi connectivity index (χ4n) is 3.58. The maximum absolute atomic E-state index is 14.0. The number of likely N-dealkylation sites (tertiary alicyclic amines) is 1. The van der Waals surface area contributed by atoms with Gasteiger partial charge in [-0.3, -0.25) is 14.2 Å². The van der Waals surface area contributed by atoms with Crippen LogP contribution in [0.25, 0.3) is 10.6 Å². The summed E-state index contributed by atoms with van der Waals surface area (Å²) in [6, 6.07) is 6.50. The van der Waals surface area contributed by atoms with Crippen molar-refractivity contribution in [3.8, 4) is 10.6 Å². The van der Waals surface area contributed by atoms with Crippen molar-refractivity contribution in [2.75, 3.05) is 13.1 Å². The first-order chi connectivity index (χ1) is 14.4. The molecule has 1 aliphatic rings. The Labute approximate surface area is 177 Å². The van der Waals surface area contributed by atoms with Gasteiger partial charge in [-0.05, 0) is 38.8 Å². The second kappa shape index (κ2) is 8.43. The molecule has 0 N–H and O–H groups in total. The first kappa shape index (κ1) is 20.3. The molecule has 0 spiro atoms. The molecule has 0 unspecified atom stereocenters. The number of aromatic nitrogens is 4. The van der Waals surface area contributed by atoms with Crippen molar-refractivity contribution in [2.45, 2.75) is 39.2 Å². The summed E-state index contributed by atoms with van der Waals surface area (Å²) in [5, 5.41) is 9.77. The number of piperidine rings is 1. The van der Waals surface area contributed by atoms with E-state index in [0.717, 1.165) is 17.8 Å². The van der Waals surface area contributed by atoms with E-state index in [1.165, 1.54) is 28.3 Å². The molecular weight excluding hydrogens is 405 g/mol. The molecule has 0 bridgehead atoms. The van der Waals surface area contributed by atoms with E-state index in [9.17, 15) is 14.0 Å². The highest BCUT2D eigenvalue weighted by atomic mass is 32.1. The number of carbonyl (C=O) groups is 1. The van der Waals surface area contributed by atoms with Gasteiger partial charge in [0.15, 0.2) is 5.01 Å². The molecule has 1 amide bonds. The maximum Gasteiger partial charge on any atom is 0.256 e. The fraction of sp³-hybridized carbons (Fsp3) is 0.381. The van der Waals surface area contributed by atoms with Crippen molar-refractivity contribution in [2.24, 2.45) is 0 Å². The number of hydrogen-bond acceptors (Lipinski definition) is 6. The molecule has 1 aromatic carbocycles. The zero-order chi connectivity index (χ0) is 21.3. The summed E-state index contributed by atoms with van der Waals surface area (Å²) in [4.78, 5) is 31.1. The second-order valence-corrected chi connectivity index (χ2v) is 8.50. The van der Waals surface area contributed by atoms with Crippen LogP contribution in [0, 0.1) is 19.7 Å². The Bertz CT molecular complexity index is 1140. The fourth-order valence-corrected chi connectivity index (χ4v) is 4.58. The minimum absolute atomic E-state index is 0.0315. The van der Waals surface area contributed by atoms with Crippen molar-refractivity contribution in [3.63, 3.8) is 0 Å². The van der Waals surface area contributed by atoms with E-state index in [-0.39, 0.29) is 29.7 Å². The molecular formula is C21H22FN5O2S. The van der Waals surface area contributed by atoms with Gasteiger partial charge in [-0.15, -0.1) is 10.2 Å². The Morgan fingerprint density at radius 3 is 2.87 bits per heavy atom. The molecule has 0 radical (unpaired) electrons. The Morgan fingerprint density at radius 1 is 1.27 bits per heavy atom. The number of amides is 1. The van der Waals surface area contributed by atoms with Crippen LogP contribution in [0.5, 0.6) is 0 Å². The van der Waals surface area contributed by atoms with Gasteiger partial charge in [0, 0.05) is 35.8 Å².